The Morgan fingerprint density at radius 1 is 1.46 bits per heavy atom. The van der Waals surface area contributed by atoms with Crippen molar-refractivity contribution in [3.8, 4) is 5.88 Å². The Hall–Kier alpha value is -1.16. The lowest BCUT2D eigenvalue weighted by Gasteiger charge is -2.10. The molecule has 1 unspecified atom stereocenters. The summed E-state index contributed by atoms with van der Waals surface area (Å²) in [6.07, 6.45) is 4.71. The molecule has 1 atom stereocenters. The molecule has 0 spiro atoms. The zero-order valence-corrected chi connectivity index (χ0v) is 7.66. The van der Waals surface area contributed by atoms with Gasteiger partial charge in [0.1, 0.15) is 6.10 Å². The van der Waals surface area contributed by atoms with Crippen LogP contribution in [0.25, 0.3) is 0 Å². The van der Waals surface area contributed by atoms with E-state index < -0.39 is 0 Å². The summed E-state index contributed by atoms with van der Waals surface area (Å²) >= 11 is 0. The largest absolute Gasteiger partial charge is 0.472 e. The first kappa shape index (κ1) is 8.44. The van der Waals surface area contributed by atoms with E-state index in [4.69, 9.17) is 4.74 Å². The van der Waals surface area contributed by atoms with Gasteiger partial charge in [0.15, 0.2) is 0 Å². The normalized spacial score (nSPS) is 21.8. The van der Waals surface area contributed by atoms with E-state index in [0.717, 1.165) is 25.2 Å². The highest BCUT2D eigenvalue weighted by molar-refractivity contribution is 5.06. The van der Waals surface area contributed by atoms with Crippen molar-refractivity contribution in [2.24, 2.45) is 0 Å². The first-order valence-electron chi connectivity index (χ1n) is 4.50. The number of rotatable bonds is 2. The number of nitrogens with one attached hydrogen (secondary N) is 1. The summed E-state index contributed by atoms with van der Waals surface area (Å²) in [7, 11) is 0. The zero-order chi connectivity index (χ0) is 9.10. The van der Waals surface area contributed by atoms with Crippen molar-refractivity contribution in [2.75, 3.05) is 13.1 Å². The molecule has 1 aliphatic heterocycles. The molecule has 0 aromatic carbocycles. The standard InChI is InChI=1S/C9H13N3O/c1-7-4-12-9(6-11-7)13-8-2-3-10-5-8/h4,6,8,10H,2-3,5H2,1H3. The quantitative estimate of drug-likeness (QED) is 0.719. The smallest absolute Gasteiger partial charge is 0.232 e. The molecule has 1 aromatic rings. The average molecular weight is 179 g/mol. The lowest BCUT2D eigenvalue weighted by molar-refractivity contribution is 0.213. The molecule has 0 saturated carbocycles. The second-order valence-corrected chi connectivity index (χ2v) is 3.23. The average Bonchev–Trinajstić information content (AvgIpc) is 2.62. The van der Waals surface area contributed by atoms with Crippen LogP contribution in [0.15, 0.2) is 12.4 Å². The Morgan fingerprint density at radius 2 is 2.38 bits per heavy atom. The maximum atomic E-state index is 5.59. The second-order valence-electron chi connectivity index (χ2n) is 3.23. The number of hydrogen-bond acceptors (Lipinski definition) is 4. The maximum absolute atomic E-state index is 5.59. The predicted molar refractivity (Wildman–Crippen MR) is 48.7 cm³/mol. The molecule has 2 rings (SSSR count). The number of ether oxygens (including phenoxy) is 1. The van der Waals surface area contributed by atoms with Crippen LogP contribution in [0.2, 0.25) is 0 Å². The number of nitrogens with zero attached hydrogens (tertiary/aromatic N) is 2. The van der Waals surface area contributed by atoms with Gasteiger partial charge in [0.05, 0.1) is 18.1 Å². The molecule has 0 amide bonds. The van der Waals surface area contributed by atoms with E-state index in [1.807, 2.05) is 6.92 Å². The van der Waals surface area contributed by atoms with Crippen molar-refractivity contribution in [1.29, 1.82) is 0 Å². The van der Waals surface area contributed by atoms with Gasteiger partial charge < -0.3 is 10.1 Å². The van der Waals surface area contributed by atoms with E-state index in [1.54, 1.807) is 12.4 Å². The Balaban J connectivity index is 1.97. The van der Waals surface area contributed by atoms with Gasteiger partial charge in [-0.05, 0) is 19.9 Å². The van der Waals surface area contributed by atoms with Crippen LogP contribution in [-0.2, 0) is 0 Å². The summed E-state index contributed by atoms with van der Waals surface area (Å²) in [5.74, 6) is 0.624. The molecule has 70 valence electrons. The molecule has 4 heteroatoms. The van der Waals surface area contributed by atoms with Gasteiger partial charge in [-0.2, -0.15) is 0 Å². The molecule has 4 nitrogen and oxygen atoms in total. The van der Waals surface area contributed by atoms with Crippen LogP contribution in [0.3, 0.4) is 0 Å². The summed E-state index contributed by atoms with van der Waals surface area (Å²) in [6, 6.07) is 0. The third-order valence-electron chi connectivity index (χ3n) is 2.06. The Morgan fingerprint density at radius 3 is 3.00 bits per heavy atom. The molecule has 0 aliphatic carbocycles. The van der Waals surface area contributed by atoms with Gasteiger partial charge in [-0.1, -0.05) is 0 Å². The van der Waals surface area contributed by atoms with Gasteiger partial charge in [0, 0.05) is 6.54 Å². The van der Waals surface area contributed by atoms with E-state index in [-0.39, 0.29) is 6.10 Å². The minimum Gasteiger partial charge on any atom is -0.472 e. The number of hydrogen-bond donors (Lipinski definition) is 1. The fraction of sp³-hybridized carbons (Fsp3) is 0.556. The summed E-state index contributed by atoms with van der Waals surface area (Å²) in [5, 5.41) is 3.23. The number of aryl methyl sites for hydroxylation is 1. The van der Waals surface area contributed by atoms with Crippen LogP contribution < -0.4 is 10.1 Å². The summed E-state index contributed by atoms with van der Waals surface area (Å²) in [5.41, 5.74) is 0.914. The van der Waals surface area contributed by atoms with Crippen molar-refractivity contribution in [2.45, 2.75) is 19.4 Å². The number of aromatic nitrogens is 2. The van der Waals surface area contributed by atoms with Crippen molar-refractivity contribution in [1.82, 2.24) is 15.3 Å². The minimum absolute atomic E-state index is 0.261. The van der Waals surface area contributed by atoms with Gasteiger partial charge >= 0.3 is 0 Å². The topological polar surface area (TPSA) is 47.0 Å². The molecular formula is C9H13N3O. The molecule has 1 fully saturated rings. The first-order valence-corrected chi connectivity index (χ1v) is 4.50. The van der Waals surface area contributed by atoms with E-state index in [2.05, 4.69) is 15.3 Å². The highest BCUT2D eigenvalue weighted by Gasteiger charge is 2.16. The molecule has 1 saturated heterocycles. The molecule has 0 radical (unpaired) electrons. The van der Waals surface area contributed by atoms with Crippen molar-refractivity contribution >= 4 is 0 Å². The monoisotopic (exact) mass is 179 g/mol. The maximum Gasteiger partial charge on any atom is 0.232 e. The summed E-state index contributed by atoms with van der Waals surface area (Å²) in [6.45, 7) is 3.85. The zero-order valence-electron chi connectivity index (χ0n) is 7.66. The van der Waals surface area contributed by atoms with Crippen LogP contribution in [0.1, 0.15) is 12.1 Å². The molecule has 2 heterocycles. The highest BCUT2D eigenvalue weighted by atomic mass is 16.5. The second kappa shape index (κ2) is 3.70. The molecule has 0 bridgehead atoms. The molecule has 13 heavy (non-hydrogen) atoms. The third-order valence-corrected chi connectivity index (χ3v) is 2.06. The van der Waals surface area contributed by atoms with Crippen LogP contribution >= 0.6 is 0 Å². The van der Waals surface area contributed by atoms with Gasteiger partial charge in [-0.25, -0.2) is 4.98 Å². The summed E-state index contributed by atoms with van der Waals surface area (Å²) in [4.78, 5) is 8.24. The van der Waals surface area contributed by atoms with Crippen molar-refractivity contribution in [3.05, 3.63) is 18.1 Å². The van der Waals surface area contributed by atoms with Crippen LogP contribution in [-0.4, -0.2) is 29.2 Å². The van der Waals surface area contributed by atoms with Crippen LogP contribution in [0, 0.1) is 6.92 Å². The minimum atomic E-state index is 0.261. The first-order chi connectivity index (χ1) is 6.34. The Kier molecular flexibility index (Phi) is 2.40. The van der Waals surface area contributed by atoms with Gasteiger partial charge in [-0.3, -0.25) is 4.98 Å². The van der Waals surface area contributed by atoms with Gasteiger partial charge in [-0.15, -0.1) is 0 Å². The third kappa shape index (κ3) is 2.15. The van der Waals surface area contributed by atoms with Crippen molar-refractivity contribution in [3.63, 3.8) is 0 Å². The lowest BCUT2D eigenvalue weighted by atomic mass is 10.3. The fourth-order valence-electron chi connectivity index (χ4n) is 1.34. The van der Waals surface area contributed by atoms with E-state index >= 15 is 0 Å². The van der Waals surface area contributed by atoms with E-state index in [9.17, 15) is 0 Å². The predicted octanol–water partition coefficient (Wildman–Crippen LogP) is 0.526. The Labute approximate surface area is 77.4 Å². The molecule has 1 N–H and O–H groups in total. The Bertz CT molecular complexity index is 267. The molecule has 1 aliphatic rings. The van der Waals surface area contributed by atoms with Gasteiger partial charge in [0.25, 0.3) is 0 Å². The van der Waals surface area contributed by atoms with Crippen LogP contribution in [0.4, 0.5) is 0 Å². The molecular weight excluding hydrogens is 166 g/mol. The summed E-state index contributed by atoms with van der Waals surface area (Å²) < 4.78 is 5.59. The van der Waals surface area contributed by atoms with Crippen LogP contribution in [0.5, 0.6) is 5.88 Å². The van der Waals surface area contributed by atoms with E-state index in [0.29, 0.717) is 5.88 Å². The van der Waals surface area contributed by atoms with E-state index in [1.165, 1.54) is 0 Å². The fourth-order valence-corrected chi connectivity index (χ4v) is 1.34. The highest BCUT2D eigenvalue weighted by Crippen LogP contribution is 2.10. The van der Waals surface area contributed by atoms with Gasteiger partial charge in [0.2, 0.25) is 5.88 Å². The SMILES string of the molecule is Cc1cnc(OC2CCNC2)cn1. The molecule has 1 aromatic heterocycles. The van der Waals surface area contributed by atoms with Crippen molar-refractivity contribution < 1.29 is 4.74 Å². The lowest BCUT2D eigenvalue weighted by Crippen LogP contribution is -2.20.